The monoisotopic (exact) mass is 334 g/mol. The molecule has 132 valence electrons. The van der Waals surface area contributed by atoms with E-state index in [4.69, 9.17) is 0 Å². The van der Waals surface area contributed by atoms with Gasteiger partial charge in [-0.2, -0.15) is 0 Å². The lowest BCUT2D eigenvalue weighted by atomic mass is 9.95. The average Bonchev–Trinajstić information content (AvgIpc) is 2.61. The van der Waals surface area contributed by atoms with Gasteiger partial charge < -0.3 is 9.80 Å². The summed E-state index contributed by atoms with van der Waals surface area (Å²) in [5, 5.41) is 0. The zero-order valence-corrected chi connectivity index (χ0v) is 14.6. The molecule has 0 spiro atoms. The van der Waals surface area contributed by atoms with Gasteiger partial charge >= 0.3 is 0 Å². The lowest BCUT2D eigenvalue weighted by Crippen LogP contribution is -2.47. The van der Waals surface area contributed by atoms with Crippen LogP contribution < -0.4 is 0 Å². The summed E-state index contributed by atoms with van der Waals surface area (Å²) in [7, 11) is 0. The van der Waals surface area contributed by atoms with Gasteiger partial charge in [-0.15, -0.1) is 0 Å². The van der Waals surface area contributed by atoms with E-state index in [1.807, 2.05) is 4.90 Å². The first kappa shape index (κ1) is 18.4. The molecule has 1 saturated heterocycles. The predicted molar refractivity (Wildman–Crippen MR) is 92.2 cm³/mol. The molecule has 1 aromatic carbocycles. The molecule has 1 aromatic rings. The number of likely N-dealkylation sites (tertiary alicyclic amines) is 1. The molecular weight excluding hydrogens is 307 g/mol. The molecule has 0 saturated carbocycles. The Hall–Kier alpha value is -1.91. The van der Waals surface area contributed by atoms with Gasteiger partial charge in [-0.3, -0.25) is 9.59 Å². The second-order valence-corrected chi connectivity index (χ2v) is 6.42. The maximum Gasteiger partial charge on any atom is 0.253 e. The number of hydrogen-bond donors (Lipinski definition) is 0. The quantitative estimate of drug-likeness (QED) is 0.801. The normalized spacial score (nSPS) is 17.6. The van der Waals surface area contributed by atoms with Gasteiger partial charge in [0.05, 0.1) is 5.92 Å². The van der Waals surface area contributed by atoms with Crippen molar-refractivity contribution in [1.82, 2.24) is 9.80 Å². The van der Waals surface area contributed by atoms with E-state index in [0.29, 0.717) is 18.7 Å². The summed E-state index contributed by atoms with van der Waals surface area (Å²) in [5.74, 6) is -0.436. The van der Waals surface area contributed by atoms with E-state index >= 15 is 0 Å². The first-order chi connectivity index (χ1) is 11.6. The standard InChI is InChI=1S/C19H27FN2O2/c1-3-11-21(12-4-2)19(24)16-6-5-13-22(14-16)18(23)15-7-9-17(20)10-8-15/h7-10,16H,3-6,11-14H2,1-2H3/t16-/m1/s1. The third-order valence-corrected chi connectivity index (χ3v) is 4.45. The zero-order valence-electron chi connectivity index (χ0n) is 14.6. The number of hydrogen-bond acceptors (Lipinski definition) is 2. The van der Waals surface area contributed by atoms with Gasteiger partial charge in [0.2, 0.25) is 5.91 Å². The zero-order chi connectivity index (χ0) is 17.5. The van der Waals surface area contributed by atoms with Gasteiger partial charge in [0.25, 0.3) is 5.91 Å². The van der Waals surface area contributed by atoms with E-state index in [2.05, 4.69) is 13.8 Å². The van der Waals surface area contributed by atoms with Crippen molar-refractivity contribution in [3.05, 3.63) is 35.6 Å². The maximum absolute atomic E-state index is 13.0. The van der Waals surface area contributed by atoms with E-state index in [1.54, 1.807) is 4.90 Å². The van der Waals surface area contributed by atoms with Crippen LogP contribution in [0.1, 0.15) is 49.9 Å². The first-order valence-corrected chi connectivity index (χ1v) is 8.90. The van der Waals surface area contributed by atoms with Crippen LogP contribution in [0.5, 0.6) is 0 Å². The van der Waals surface area contributed by atoms with Gasteiger partial charge in [0.15, 0.2) is 0 Å². The second kappa shape index (κ2) is 8.81. The minimum Gasteiger partial charge on any atom is -0.342 e. The van der Waals surface area contributed by atoms with Crippen LogP contribution in [-0.2, 0) is 4.79 Å². The molecule has 0 aromatic heterocycles. The van der Waals surface area contributed by atoms with E-state index in [9.17, 15) is 14.0 Å². The first-order valence-electron chi connectivity index (χ1n) is 8.90. The number of nitrogens with zero attached hydrogens (tertiary/aromatic N) is 2. The van der Waals surface area contributed by atoms with Crippen LogP contribution in [0.15, 0.2) is 24.3 Å². The molecule has 4 nitrogen and oxygen atoms in total. The number of benzene rings is 1. The number of rotatable bonds is 6. The van der Waals surface area contributed by atoms with E-state index < -0.39 is 0 Å². The number of carbonyl (C=O) groups is 2. The molecule has 5 heteroatoms. The fourth-order valence-electron chi connectivity index (χ4n) is 3.27. The molecule has 1 fully saturated rings. The smallest absolute Gasteiger partial charge is 0.253 e. The number of amides is 2. The minimum absolute atomic E-state index is 0.120. The Morgan fingerprint density at radius 1 is 1.17 bits per heavy atom. The number of halogens is 1. The van der Waals surface area contributed by atoms with E-state index in [-0.39, 0.29) is 23.5 Å². The highest BCUT2D eigenvalue weighted by Gasteiger charge is 2.31. The van der Waals surface area contributed by atoms with Gasteiger partial charge in [-0.1, -0.05) is 13.8 Å². The highest BCUT2D eigenvalue weighted by molar-refractivity contribution is 5.94. The molecule has 0 unspecified atom stereocenters. The van der Waals surface area contributed by atoms with Crippen molar-refractivity contribution in [1.29, 1.82) is 0 Å². The van der Waals surface area contributed by atoms with Crippen molar-refractivity contribution in [2.24, 2.45) is 5.92 Å². The molecule has 1 atom stereocenters. The van der Waals surface area contributed by atoms with Crippen molar-refractivity contribution in [3.8, 4) is 0 Å². The van der Waals surface area contributed by atoms with E-state index in [1.165, 1.54) is 24.3 Å². The Labute approximate surface area is 143 Å². The summed E-state index contributed by atoms with van der Waals surface area (Å²) >= 11 is 0. The molecule has 0 radical (unpaired) electrons. The Bertz CT molecular complexity index is 553. The largest absolute Gasteiger partial charge is 0.342 e. The van der Waals surface area contributed by atoms with Crippen LogP contribution in [-0.4, -0.2) is 47.8 Å². The fourth-order valence-corrected chi connectivity index (χ4v) is 3.27. The summed E-state index contributed by atoms with van der Waals surface area (Å²) < 4.78 is 13.0. The lowest BCUT2D eigenvalue weighted by Gasteiger charge is -2.35. The molecule has 2 rings (SSSR count). The predicted octanol–water partition coefficient (Wildman–Crippen LogP) is 3.33. The van der Waals surface area contributed by atoms with Crippen LogP contribution >= 0.6 is 0 Å². The van der Waals surface area contributed by atoms with Gasteiger partial charge in [-0.05, 0) is 49.9 Å². The summed E-state index contributed by atoms with van der Waals surface area (Å²) in [6.45, 7) is 6.80. The van der Waals surface area contributed by atoms with Crippen LogP contribution in [0, 0.1) is 11.7 Å². The molecule has 0 aliphatic carbocycles. The summed E-state index contributed by atoms with van der Waals surface area (Å²) in [4.78, 5) is 29.0. The SMILES string of the molecule is CCCN(CCC)C(=O)[C@@H]1CCCN(C(=O)c2ccc(F)cc2)C1. The van der Waals surface area contributed by atoms with Crippen molar-refractivity contribution < 1.29 is 14.0 Å². The van der Waals surface area contributed by atoms with Gasteiger partial charge in [-0.25, -0.2) is 4.39 Å². The van der Waals surface area contributed by atoms with Crippen molar-refractivity contribution in [3.63, 3.8) is 0 Å². The lowest BCUT2D eigenvalue weighted by molar-refractivity contribution is -0.137. The van der Waals surface area contributed by atoms with Crippen LogP contribution in [0.2, 0.25) is 0 Å². The number of carbonyl (C=O) groups excluding carboxylic acids is 2. The average molecular weight is 334 g/mol. The molecule has 1 aliphatic rings. The van der Waals surface area contributed by atoms with Gasteiger partial charge in [0, 0.05) is 31.7 Å². The Kier molecular flexibility index (Phi) is 6.76. The third kappa shape index (κ3) is 4.56. The van der Waals surface area contributed by atoms with Crippen LogP contribution in [0.4, 0.5) is 4.39 Å². The molecule has 1 aliphatic heterocycles. The van der Waals surface area contributed by atoms with Crippen molar-refractivity contribution in [2.75, 3.05) is 26.2 Å². The Morgan fingerprint density at radius 3 is 2.38 bits per heavy atom. The fraction of sp³-hybridized carbons (Fsp3) is 0.579. The molecule has 0 N–H and O–H groups in total. The van der Waals surface area contributed by atoms with E-state index in [0.717, 1.165) is 38.8 Å². The van der Waals surface area contributed by atoms with Crippen LogP contribution in [0.3, 0.4) is 0 Å². The van der Waals surface area contributed by atoms with Crippen LogP contribution in [0.25, 0.3) is 0 Å². The molecule has 0 bridgehead atoms. The molecule has 24 heavy (non-hydrogen) atoms. The number of piperidine rings is 1. The highest BCUT2D eigenvalue weighted by atomic mass is 19.1. The van der Waals surface area contributed by atoms with Gasteiger partial charge in [0.1, 0.15) is 5.82 Å². The van der Waals surface area contributed by atoms with Crippen molar-refractivity contribution in [2.45, 2.75) is 39.5 Å². The Morgan fingerprint density at radius 2 is 1.79 bits per heavy atom. The summed E-state index contributed by atoms with van der Waals surface area (Å²) in [6.07, 6.45) is 3.54. The topological polar surface area (TPSA) is 40.6 Å². The molecular formula is C19H27FN2O2. The third-order valence-electron chi connectivity index (χ3n) is 4.45. The van der Waals surface area contributed by atoms with Crippen molar-refractivity contribution >= 4 is 11.8 Å². The maximum atomic E-state index is 13.0. The Balaban J connectivity index is 2.03. The summed E-state index contributed by atoms with van der Waals surface area (Å²) in [6, 6.07) is 5.60. The minimum atomic E-state index is -0.354. The second-order valence-electron chi connectivity index (χ2n) is 6.42. The summed E-state index contributed by atoms with van der Waals surface area (Å²) in [5.41, 5.74) is 0.475. The highest BCUT2D eigenvalue weighted by Crippen LogP contribution is 2.21. The molecule has 2 amide bonds. The molecule has 1 heterocycles.